The Morgan fingerprint density at radius 2 is 1.93 bits per heavy atom. The number of para-hydroxylation sites is 1. The van der Waals surface area contributed by atoms with Gasteiger partial charge in [-0.3, -0.25) is 9.69 Å². The number of thioether (sulfide) groups is 1. The highest BCUT2D eigenvalue weighted by Gasteiger charge is 2.38. The zero-order valence-electron chi connectivity index (χ0n) is 14.7. The van der Waals surface area contributed by atoms with E-state index in [1.54, 1.807) is 31.2 Å². The Balaban J connectivity index is 1.93. The smallest absolute Gasteiger partial charge is 0.343 e. The number of esters is 1. The fourth-order valence-corrected chi connectivity index (χ4v) is 4.45. The monoisotopic (exact) mass is 417 g/mol. The molecule has 0 spiro atoms. The molecule has 0 atom stereocenters. The van der Waals surface area contributed by atoms with Crippen molar-refractivity contribution in [2.45, 2.75) is 11.8 Å². The molecule has 10 heteroatoms. The number of hydrogen-bond donors (Lipinski definition) is 0. The number of rotatable bonds is 2. The van der Waals surface area contributed by atoms with E-state index in [0.29, 0.717) is 5.69 Å². The highest BCUT2D eigenvalue weighted by molar-refractivity contribution is 8.14. The molecule has 5 rings (SSSR count). The number of carbonyl (C=O) groups excluding carboxylic acids is 1. The van der Waals surface area contributed by atoms with Gasteiger partial charge in [0.05, 0.1) is 17.7 Å². The molecule has 2 aromatic carbocycles. The first-order chi connectivity index (χ1) is 13.9. The van der Waals surface area contributed by atoms with Gasteiger partial charge < -0.3 is 4.74 Å². The zero-order chi connectivity index (χ0) is 20.4. The van der Waals surface area contributed by atoms with Crippen molar-refractivity contribution in [3.63, 3.8) is 0 Å². The molecule has 0 fully saturated rings. The van der Waals surface area contributed by atoms with Crippen molar-refractivity contribution in [2.75, 3.05) is 11.5 Å². The maximum Gasteiger partial charge on any atom is 0.343 e. The molecule has 0 saturated carbocycles. The molecule has 3 aromatic rings. The van der Waals surface area contributed by atoms with Crippen LogP contribution in [-0.2, 0) is 4.74 Å². The van der Waals surface area contributed by atoms with E-state index in [-0.39, 0.29) is 23.0 Å². The van der Waals surface area contributed by atoms with E-state index in [1.807, 2.05) is 0 Å². The molecule has 3 heterocycles. The fourth-order valence-electron chi connectivity index (χ4n) is 3.43. The molecule has 0 radical (unpaired) electrons. The van der Waals surface area contributed by atoms with Gasteiger partial charge in [0.15, 0.2) is 22.6 Å². The van der Waals surface area contributed by atoms with Crippen LogP contribution in [-0.4, -0.2) is 22.4 Å². The van der Waals surface area contributed by atoms with Gasteiger partial charge in [-0.15, -0.1) is 5.10 Å². The Kier molecular flexibility index (Phi) is 3.75. The SMILES string of the molecule is CCOC(=O)c1cn2c3c(c(F)c(F)c(F)c3c1=O)N1C(=N2)Sc2ccccc21. The molecule has 0 saturated heterocycles. The standard InChI is InChI=1S/C19H10F3N3O3S/c1-2-28-18(27)8-7-24-15-11(17(8)26)12(20)13(21)14(22)16(15)25-9-5-3-4-6-10(9)29-19(25)23-24/h3-7H,2H2,1H3. The minimum absolute atomic E-state index is 0.0186. The van der Waals surface area contributed by atoms with Crippen LogP contribution in [0, 0.1) is 17.5 Å². The van der Waals surface area contributed by atoms with E-state index in [1.165, 1.54) is 16.7 Å². The van der Waals surface area contributed by atoms with E-state index in [2.05, 4.69) is 5.10 Å². The summed E-state index contributed by atoms with van der Waals surface area (Å²) >= 11 is 1.19. The first kappa shape index (κ1) is 17.8. The highest BCUT2D eigenvalue weighted by Crippen LogP contribution is 2.49. The molecule has 2 aliphatic heterocycles. The van der Waals surface area contributed by atoms with Crippen molar-refractivity contribution >= 4 is 45.2 Å². The third kappa shape index (κ3) is 2.29. The van der Waals surface area contributed by atoms with Crippen molar-refractivity contribution in [3.8, 4) is 0 Å². The van der Waals surface area contributed by atoms with Crippen LogP contribution < -0.4 is 10.3 Å². The Morgan fingerprint density at radius 3 is 2.69 bits per heavy atom. The van der Waals surface area contributed by atoms with Crippen molar-refractivity contribution < 1.29 is 22.7 Å². The second-order valence-corrected chi connectivity index (χ2v) is 7.25. The first-order valence-corrected chi connectivity index (χ1v) is 9.34. The fraction of sp³-hybridized carbons (Fsp3) is 0.105. The highest BCUT2D eigenvalue weighted by atomic mass is 32.2. The lowest BCUT2D eigenvalue weighted by molar-refractivity contribution is 0.0524. The van der Waals surface area contributed by atoms with Crippen molar-refractivity contribution in [3.05, 3.63) is 63.7 Å². The first-order valence-electron chi connectivity index (χ1n) is 8.53. The van der Waals surface area contributed by atoms with Gasteiger partial charge in [-0.05, 0) is 30.8 Å². The summed E-state index contributed by atoms with van der Waals surface area (Å²) in [7, 11) is 0. The lowest BCUT2D eigenvalue weighted by Crippen LogP contribution is -2.30. The van der Waals surface area contributed by atoms with Gasteiger partial charge in [-0.1, -0.05) is 12.1 Å². The van der Waals surface area contributed by atoms with Crippen molar-refractivity contribution in [1.82, 2.24) is 4.68 Å². The number of hydrogen-bond acceptors (Lipinski definition) is 6. The van der Waals surface area contributed by atoms with Gasteiger partial charge in [0, 0.05) is 11.1 Å². The van der Waals surface area contributed by atoms with Crippen LogP contribution in [0.5, 0.6) is 0 Å². The predicted molar refractivity (Wildman–Crippen MR) is 101 cm³/mol. The minimum atomic E-state index is -1.80. The Labute approximate surface area is 165 Å². The van der Waals surface area contributed by atoms with Gasteiger partial charge in [0.2, 0.25) is 5.43 Å². The van der Waals surface area contributed by atoms with Crippen LogP contribution in [0.3, 0.4) is 0 Å². The van der Waals surface area contributed by atoms with Gasteiger partial charge in [-0.2, -0.15) is 0 Å². The topological polar surface area (TPSA) is 63.9 Å². The average Bonchev–Trinajstić information content (AvgIpc) is 3.07. The molecule has 29 heavy (non-hydrogen) atoms. The van der Waals surface area contributed by atoms with E-state index < -0.39 is 39.8 Å². The second kappa shape index (κ2) is 6.11. The summed E-state index contributed by atoms with van der Waals surface area (Å²) in [5.74, 6) is -5.92. The number of halogens is 3. The molecule has 1 aromatic heterocycles. The van der Waals surface area contributed by atoms with Crippen LogP contribution in [0.15, 0.2) is 45.3 Å². The number of amidine groups is 1. The second-order valence-electron chi connectivity index (χ2n) is 6.24. The normalized spacial score (nSPS) is 13.9. The van der Waals surface area contributed by atoms with Gasteiger partial charge >= 0.3 is 5.97 Å². The quantitative estimate of drug-likeness (QED) is 0.466. The lowest BCUT2D eigenvalue weighted by Gasteiger charge is -2.27. The Hall–Kier alpha value is -3.27. The third-order valence-corrected chi connectivity index (χ3v) is 5.65. The van der Waals surface area contributed by atoms with Crippen LogP contribution in [0.4, 0.5) is 24.5 Å². The number of nitrogens with zero attached hydrogens (tertiary/aromatic N) is 3. The van der Waals surface area contributed by atoms with Crippen LogP contribution in [0.1, 0.15) is 17.3 Å². The largest absolute Gasteiger partial charge is 0.462 e. The summed E-state index contributed by atoms with van der Waals surface area (Å²) in [6, 6.07) is 6.94. The molecule has 0 aliphatic carbocycles. The van der Waals surface area contributed by atoms with Crippen molar-refractivity contribution in [2.24, 2.45) is 5.10 Å². The van der Waals surface area contributed by atoms with E-state index in [4.69, 9.17) is 4.74 Å². The van der Waals surface area contributed by atoms with E-state index in [0.717, 1.165) is 15.8 Å². The molecule has 6 nitrogen and oxygen atoms in total. The summed E-state index contributed by atoms with van der Waals surface area (Å²) in [6.07, 6.45) is 1.05. The summed E-state index contributed by atoms with van der Waals surface area (Å²) in [5.41, 5.74) is -1.69. The summed E-state index contributed by atoms with van der Waals surface area (Å²) in [6.45, 7) is 1.52. The molecule has 0 bridgehead atoms. The lowest BCUT2D eigenvalue weighted by atomic mass is 10.1. The molecule has 0 N–H and O–H groups in total. The maximum atomic E-state index is 14.9. The number of carbonyl (C=O) groups is 1. The van der Waals surface area contributed by atoms with E-state index in [9.17, 15) is 22.8 Å². The van der Waals surface area contributed by atoms with E-state index >= 15 is 0 Å². The molecular formula is C19H10F3N3O3S. The maximum absolute atomic E-state index is 14.9. The third-order valence-electron chi connectivity index (χ3n) is 4.64. The number of pyridine rings is 1. The number of benzene rings is 2. The summed E-state index contributed by atoms with van der Waals surface area (Å²) < 4.78 is 49.9. The summed E-state index contributed by atoms with van der Waals surface area (Å²) in [5, 5.41) is 3.82. The van der Waals surface area contributed by atoms with Gasteiger partial charge in [0.1, 0.15) is 16.8 Å². The zero-order valence-corrected chi connectivity index (χ0v) is 15.5. The number of aromatic nitrogens is 1. The number of ether oxygens (including phenoxy) is 1. The molecule has 0 amide bonds. The Morgan fingerprint density at radius 1 is 1.17 bits per heavy atom. The van der Waals surface area contributed by atoms with Crippen molar-refractivity contribution in [1.29, 1.82) is 0 Å². The number of anilines is 2. The molecular weight excluding hydrogens is 407 g/mol. The van der Waals surface area contributed by atoms with Crippen LogP contribution in [0.2, 0.25) is 0 Å². The van der Waals surface area contributed by atoms with Gasteiger partial charge in [-0.25, -0.2) is 22.6 Å². The predicted octanol–water partition coefficient (Wildman–Crippen LogP) is 3.97. The molecule has 146 valence electrons. The minimum Gasteiger partial charge on any atom is -0.462 e. The molecule has 0 unspecified atom stereocenters. The number of fused-ring (bicyclic) bond motifs is 4. The van der Waals surface area contributed by atoms with Gasteiger partial charge in [0.25, 0.3) is 0 Å². The Bertz CT molecular complexity index is 1340. The van der Waals surface area contributed by atoms with Crippen LogP contribution in [0.25, 0.3) is 10.9 Å². The van der Waals surface area contributed by atoms with Crippen LogP contribution >= 0.6 is 11.8 Å². The summed E-state index contributed by atoms with van der Waals surface area (Å²) in [4.78, 5) is 27.0. The average molecular weight is 417 g/mol. The molecule has 2 aliphatic rings.